The summed E-state index contributed by atoms with van der Waals surface area (Å²) in [5.74, 6) is 1.40. The number of hydrogen-bond donors (Lipinski definition) is 1. The van der Waals surface area contributed by atoms with E-state index in [9.17, 15) is 0 Å². The van der Waals surface area contributed by atoms with Gasteiger partial charge in [0.25, 0.3) is 0 Å². The molecule has 0 fully saturated rings. The Labute approximate surface area is 113 Å². The van der Waals surface area contributed by atoms with Gasteiger partial charge in [-0.3, -0.25) is 0 Å². The maximum absolute atomic E-state index is 3.61. The van der Waals surface area contributed by atoms with Crippen molar-refractivity contribution in [1.29, 1.82) is 0 Å². The van der Waals surface area contributed by atoms with Crippen molar-refractivity contribution in [2.45, 2.75) is 41.0 Å². The van der Waals surface area contributed by atoms with Gasteiger partial charge in [-0.25, -0.2) is 0 Å². The van der Waals surface area contributed by atoms with Crippen LogP contribution in [0.3, 0.4) is 0 Å². The van der Waals surface area contributed by atoms with Crippen LogP contribution in [0.2, 0.25) is 0 Å². The highest BCUT2D eigenvalue weighted by Gasteiger charge is 2.24. The summed E-state index contributed by atoms with van der Waals surface area (Å²) >= 11 is 0. The van der Waals surface area contributed by atoms with E-state index in [4.69, 9.17) is 0 Å². The summed E-state index contributed by atoms with van der Waals surface area (Å²) in [4.78, 5) is 0. The monoisotopic (exact) mass is 247 g/mol. The van der Waals surface area contributed by atoms with Gasteiger partial charge in [0.1, 0.15) is 0 Å². The highest BCUT2D eigenvalue weighted by Crippen LogP contribution is 2.28. The number of rotatable bonds is 6. The van der Waals surface area contributed by atoms with Crippen molar-refractivity contribution in [2.24, 2.45) is 17.3 Å². The summed E-state index contributed by atoms with van der Waals surface area (Å²) in [5.41, 5.74) is 1.79. The molecule has 1 unspecified atom stereocenters. The molecule has 0 aliphatic carbocycles. The van der Waals surface area contributed by atoms with Gasteiger partial charge < -0.3 is 5.32 Å². The quantitative estimate of drug-likeness (QED) is 0.796. The minimum Gasteiger partial charge on any atom is -0.316 e. The van der Waals surface area contributed by atoms with Crippen molar-refractivity contribution in [1.82, 2.24) is 5.32 Å². The van der Waals surface area contributed by atoms with E-state index in [0.29, 0.717) is 11.3 Å². The van der Waals surface area contributed by atoms with E-state index >= 15 is 0 Å². The van der Waals surface area contributed by atoms with Crippen LogP contribution in [0.15, 0.2) is 30.3 Å². The van der Waals surface area contributed by atoms with Crippen molar-refractivity contribution in [3.05, 3.63) is 35.9 Å². The van der Waals surface area contributed by atoms with Crippen LogP contribution in [-0.2, 0) is 6.42 Å². The van der Waals surface area contributed by atoms with Gasteiger partial charge in [0.05, 0.1) is 0 Å². The molecule has 1 N–H and O–H groups in total. The Bertz CT molecular complexity index is 321. The summed E-state index contributed by atoms with van der Waals surface area (Å²) in [6, 6.07) is 10.8. The van der Waals surface area contributed by atoms with Gasteiger partial charge in [0.2, 0.25) is 0 Å². The first-order valence-corrected chi connectivity index (χ1v) is 7.14. The summed E-state index contributed by atoms with van der Waals surface area (Å²) in [6.07, 6.45) is 1.16. The Hall–Kier alpha value is -0.820. The molecular formula is C17H29N. The van der Waals surface area contributed by atoms with E-state index in [1.807, 2.05) is 0 Å². The molecule has 1 rings (SSSR count). The second kappa shape index (κ2) is 6.94. The largest absolute Gasteiger partial charge is 0.316 e. The lowest BCUT2D eigenvalue weighted by Crippen LogP contribution is -2.34. The van der Waals surface area contributed by atoms with Crippen molar-refractivity contribution >= 4 is 0 Å². The molecule has 0 aromatic heterocycles. The molecule has 1 aromatic rings. The van der Waals surface area contributed by atoms with E-state index in [0.717, 1.165) is 25.4 Å². The SMILES string of the molecule is CC(C)CNCC(Cc1ccccc1)C(C)(C)C. The molecule has 1 heteroatoms. The van der Waals surface area contributed by atoms with Crippen LogP contribution in [0, 0.1) is 17.3 Å². The van der Waals surface area contributed by atoms with Crippen molar-refractivity contribution in [2.75, 3.05) is 13.1 Å². The zero-order valence-corrected chi connectivity index (χ0v) is 12.7. The first-order valence-electron chi connectivity index (χ1n) is 7.14. The average Bonchev–Trinajstić information content (AvgIpc) is 2.27. The molecule has 0 bridgehead atoms. The molecule has 0 saturated heterocycles. The molecule has 0 radical (unpaired) electrons. The zero-order chi connectivity index (χ0) is 13.6. The Morgan fingerprint density at radius 3 is 2.11 bits per heavy atom. The first kappa shape index (κ1) is 15.2. The van der Waals surface area contributed by atoms with Crippen LogP contribution < -0.4 is 5.32 Å². The molecule has 0 saturated carbocycles. The Kier molecular flexibility index (Phi) is 5.87. The highest BCUT2D eigenvalue weighted by molar-refractivity contribution is 5.15. The smallest absolute Gasteiger partial charge is 0.00122 e. The van der Waals surface area contributed by atoms with Crippen molar-refractivity contribution < 1.29 is 0 Å². The second-order valence-corrected chi connectivity index (χ2v) is 6.80. The molecule has 0 spiro atoms. The van der Waals surface area contributed by atoms with Gasteiger partial charge in [0, 0.05) is 0 Å². The fourth-order valence-electron chi connectivity index (χ4n) is 2.13. The van der Waals surface area contributed by atoms with E-state index < -0.39 is 0 Å². The maximum Gasteiger partial charge on any atom is -0.00122 e. The highest BCUT2D eigenvalue weighted by atomic mass is 14.9. The van der Waals surface area contributed by atoms with E-state index in [1.54, 1.807) is 0 Å². The van der Waals surface area contributed by atoms with E-state index in [-0.39, 0.29) is 0 Å². The number of hydrogen-bond acceptors (Lipinski definition) is 1. The van der Waals surface area contributed by atoms with Crippen LogP contribution in [0.25, 0.3) is 0 Å². The summed E-state index contributed by atoms with van der Waals surface area (Å²) in [7, 11) is 0. The third-order valence-corrected chi connectivity index (χ3v) is 3.49. The molecule has 1 nitrogen and oxygen atoms in total. The first-order chi connectivity index (χ1) is 8.39. The van der Waals surface area contributed by atoms with Crippen LogP contribution in [0.1, 0.15) is 40.2 Å². The Morgan fingerprint density at radius 1 is 1.00 bits per heavy atom. The van der Waals surface area contributed by atoms with Crippen LogP contribution in [0.4, 0.5) is 0 Å². The third-order valence-electron chi connectivity index (χ3n) is 3.49. The van der Waals surface area contributed by atoms with Crippen molar-refractivity contribution in [3.8, 4) is 0 Å². The minimum atomic E-state index is 0.347. The predicted molar refractivity (Wildman–Crippen MR) is 80.8 cm³/mol. The van der Waals surface area contributed by atoms with Crippen molar-refractivity contribution in [3.63, 3.8) is 0 Å². The normalized spacial score (nSPS) is 13.9. The molecule has 1 aromatic carbocycles. The molecule has 0 aliphatic heterocycles. The molecule has 0 heterocycles. The molecular weight excluding hydrogens is 218 g/mol. The van der Waals surface area contributed by atoms with E-state index in [1.165, 1.54) is 5.56 Å². The van der Waals surface area contributed by atoms with Gasteiger partial charge in [-0.2, -0.15) is 0 Å². The van der Waals surface area contributed by atoms with Gasteiger partial charge in [-0.15, -0.1) is 0 Å². The number of nitrogens with one attached hydrogen (secondary N) is 1. The fraction of sp³-hybridized carbons (Fsp3) is 0.647. The molecule has 102 valence electrons. The van der Waals surface area contributed by atoms with Gasteiger partial charge >= 0.3 is 0 Å². The van der Waals surface area contributed by atoms with E-state index in [2.05, 4.69) is 70.3 Å². The molecule has 0 aliphatic rings. The summed E-state index contributed by atoms with van der Waals surface area (Å²) in [5, 5.41) is 3.61. The fourth-order valence-corrected chi connectivity index (χ4v) is 2.13. The second-order valence-electron chi connectivity index (χ2n) is 6.80. The standard InChI is InChI=1S/C17H29N/c1-14(2)12-18-13-16(17(3,4)5)11-15-9-7-6-8-10-15/h6-10,14,16,18H,11-13H2,1-5H3. The lowest BCUT2D eigenvalue weighted by atomic mass is 9.77. The molecule has 0 amide bonds. The lowest BCUT2D eigenvalue weighted by molar-refractivity contribution is 0.228. The Balaban J connectivity index is 2.57. The summed E-state index contributed by atoms with van der Waals surface area (Å²) < 4.78 is 0. The third kappa shape index (κ3) is 5.68. The van der Waals surface area contributed by atoms with Crippen LogP contribution in [0.5, 0.6) is 0 Å². The minimum absolute atomic E-state index is 0.347. The van der Waals surface area contributed by atoms with Gasteiger partial charge in [0.15, 0.2) is 0 Å². The predicted octanol–water partition coefficient (Wildman–Crippen LogP) is 4.14. The van der Waals surface area contributed by atoms with Crippen LogP contribution in [-0.4, -0.2) is 13.1 Å². The molecule has 18 heavy (non-hydrogen) atoms. The van der Waals surface area contributed by atoms with Gasteiger partial charge in [-0.05, 0) is 42.3 Å². The number of benzene rings is 1. The maximum atomic E-state index is 3.61. The Morgan fingerprint density at radius 2 is 1.61 bits per heavy atom. The van der Waals surface area contributed by atoms with Gasteiger partial charge in [-0.1, -0.05) is 65.0 Å². The van der Waals surface area contributed by atoms with Crippen LogP contribution >= 0.6 is 0 Å². The zero-order valence-electron chi connectivity index (χ0n) is 12.7. The molecule has 1 atom stereocenters. The lowest BCUT2D eigenvalue weighted by Gasteiger charge is -2.31. The summed E-state index contributed by atoms with van der Waals surface area (Å²) in [6.45, 7) is 13.8. The average molecular weight is 247 g/mol. The topological polar surface area (TPSA) is 12.0 Å².